The van der Waals surface area contributed by atoms with E-state index in [-0.39, 0.29) is 17.5 Å². The van der Waals surface area contributed by atoms with Crippen LogP contribution in [0.15, 0.2) is 12.1 Å². The van der Waals surface area contributed by atoms with Gasteiger partial charge in [-0.25, -0.2) is 8.78 Å². The minimum absolute atomic E-state index is 0.138. The number of hydrogen-bond acceptors (Lipinski definition) is 2. The molecule has 0 spiro atoms. The van der Waals surface area contributed by atoms with Gasteiger partial charge in [-0.05, 0) is 24.1 Å². The Balaban J connectivity index is 2.79. The highest BCUT2D eigenvalue weighted by molar-refractivity contribution is 7.27. The molecule has 1 unspecified atom stereocenters. The third kappa shape index (κ3) is 3.17. The summed E-state index contributed by atoms with van der Waals surface area (Å²) in [6.45, 7) is 0. The van der Waals surface area contributed by atoms with Crippen LogP contribution >= 0.6 is 9.24 Å². The minimum Gasteiger partial charge on any atom is -0.305 e. The summed E-state index contributed by atoms with van der Waals surface area (Å²) in [6, 6.07) is 2.54. The number of rotatable bonds is 4. The molecule has 0 saturated heterocycles. The van der Waals surface area contributed by atoms with Gasteiger partial charge in [0.15, 0.2) is 17.4 Å². The Kier molecular flexibility index (Phi) is 4.04. The third-order valence-electron chi connectivity index (χ3n) is 1.94. The molecule has 0 saturated carbocycles. The zero-order valence-electron chi connectivity index (χ0n) is 7.89. The normalized spacial score (nSPS) is 10.1. The largest absolute Gasteiger partial charge is 0.305 e. The number of carbonyl (C=O) groups is 1. The first-order chi connectivity index (χ1) is 7.04. The van der Waals surface area contributed by atoms with Crippen molar-refractivity contribution < 1.29 is 13.6 Å². The molecule has 0 fully saturated rings. The van der Waals surface area contributed by atoms with E-state index in [4.69, 9.17) is 5.41 Å². The molecule has 0 amide bonds. The number of nitrogens with one attached hydrogen (secondary N) is 1. The molecule has 1 aromatic carbocycles. The van der Waals surface area contributed by atoms with Gasteiger partial charge < -0.3 is 5.41 Å². The summed E-state index contributed by atoms with van der Waals surface area (Å²) >= 11 is 0. The van der Waals surface area contributed by atoms with Crippen LogP contribution in [-0.4, -0.2) is 12.0 Å². The lowest BCUT2D eigenvalue weighted by Crippen LogP contribution is -2.06. The fraction of sp³-hybridized carbons (Fsp3) is 0.200. The fourth-order valence-corrected chi connectivity index (χ4v) is 1.50. The number of Topliss-reactive ketones (excluding diaryl/α,β-unsaturated/α-hetero) is 1. The molecule has 0 aliphatic heterocycles. The van der Waals surface area contributed by atoms with Crippen molar-refractivity contribution in [1.29, 1.82) is 5.41 Å². The van der Waals surface area contributed by atoms with E-state index in [1.165, 1.54) is 6.07 Å². The van der Waals surface area contributed by atoms with E-state index < -0.39 is 11.6 Å². The maximum Gasteiger partial charge on any atom is 0.173 e. The first-order valence-corrected chi connectivity index (χ1v) is 4.89. The van der Waals surface area contributed by atoms with Crippen LogP contribution in [0.3, 0.4) is 0 Å². The fourth-order valence-electron chi connectivity index (χ4n) is 1.15. The minimum atomic E-state index is -0.917. The topological polar surface area (TPSA) is 40.9 Å². The van der Waals surface area contributed by atoms with Gasteiger partial charge in [0.1, 0.15) is 0 Å². The van der Waals surface area contributed by atoms with Crippen molar-refractivity contribution in [3.05, 3.63) is 29.3 Å². The Bertz CT molecular complexity index is 383. The van der Waals surface area contributed by atoms with Crippen molar-refractivity contribution in [2.24, 2.45) is 0 Å². The Morgan fingerprint density at radius 3 is 2.67 bits per heavy atom. The molecule has 1 aromatic rings. The van der Waals surface area contributed by atoms with Crippen LogP contribution in [0.2, 0.25) is 0 Å². The van der Waals surface area contributed by atoms with E-state index in [9.17, 15) is 13.6 Å². The third-order valence-corrected chi connectivity index (χ3v) is 2.36. The molecule has 15 heavy (non-hydrogen) atoms. The van der Waals surface area contributed by atoms with E-state index in [2.05, 4.69) is 9.24 Å². The highest BCUT2D eigenvalue weighted by Crippen LogP contribution is 2.11. The van der Waals surface area contributed by atoms with Crippen LogP contribution < -0.4 is 5.30 Å². The summed E-state index contributed by atoms with van der Waals surface area (Å²) < 4.78 is 25.8. The summed E-state index contributed by atoms with van der Waals surface area (Å²) in [7, 11) is 2.10. The van der Waals surface area contributed by atoms with Crippen LogP contribution in [0.5, 0.6) is 0 Å². The van der Waals surface area contributed by atoms with E-state index in [1.807, 2.05) is 0 Å². The zero-order chi connectivity index (χ0) is 11.4. The number of halogens is 2. The lowest BCUT2D eigenvalue weighted by atomic mass is 10.1. The molecular weight excluding hydrogens is 219 g/mol. The Morgan fingerprint density at radius 1 is 1.47 bits per heavy atom. The van der Waals surface area contributed by atoms with Crippen LogP contribution in [0.25, 0.3) is 0 Å². The zero-order valence-corrected chi connectivity index (χ0v) is 9.04. The molecule has 0 heterocycles. The first kappa shape index (κ1) is 11.9. The Labute approximate surface area is 88.4 Å². The molecule has 2 nitrogen and oxygen atoms in total. The maximum atomic E-state index is 12.9. The standard InChI is InChI=1S/C10H10F2NOP/c11-8-3-6(1-2-7(14)5-13)4-9(15)10(8)12/h3-5,13H,1-2,15H2. The van der Waals surface area contributed by atoms with E-state index in [1.54, 1.807) is 0 Å². The summed E-state index contributed by atoms with van der Waals surface area (Å²) in [5.41, 5.74) is 0.550. The molecule has 0 aliphatic rings. The van der Waals surface area contributed by atoms with Gasteiger partial charge in [0, 0.05) is 11.7 Å². The summed E-state index contributed by atoms with van der Waals surface area (Å²) in [5, 5.41) is 6.83. The molecular formula is C10H10F2NOP. The first-order valence-electron chi connectivity index (χ1n) is 4.31. The van der Waals surface area contributed by atoms with Crippen LogP contribution in [0.4, 0.5) is 8.78 Å². The molecule has 0 radical (unpaired) electrons. The maximum absolute atomic E-state index is 12.9. The molecule has 0 bridgehead atoms. The van der Waals surface area contributed by atoms with Gasteiger partial charge in [0.2, 0.25) is 0 Å². The molecule has 1 atom stereocenters. The average Bonchev–Trinajstić information content (AvgIpc) is 2.22. The number of ketones is 1. The molecule has 5 heteroatoms. The smallest absolute Gasteiger partial charge is 0.173 e. The molecule has 80 valence electrons. The average molecular weight is 229 g/mol. The Hall–Kier alpha value is -1.15. The van der Waals surface area contributed by atoms with Gasteiger partial charge in [-0.15, -0.1) is 9.24 Å². The highest BCUT2D eigenvalue weighted by Gasteiger charge is 2.08. The summed E-state index contributed by atoms with van der Waals surface area (Å²) in [5.74, 6) is -2.13. The van der Waals surface area contributed by atoms with Crippen molar-refractivity contribution in [1.82, 2.24) is 0 Å². The Morgan fingerprint density at radius 2 is 2.13 bits per heavy atom. The van der Waals surface area contributed by atoms with E-state index in [0.717, 1.165) is 12.3 Å². The van der Waals surface area contributed by atoms with Crippen molar-refractivity contribution in [3.8, 4) is 0 Å². The van der Waals surface area contributed by atoms with Crippen molar-refractivity contribution >= 4 is 26.5 Å². The van der Waals surface area contributed by atoms with Gasteiger partial charge >= 0.3 is 0 Å². The van der Waals surface area contributed by atoms with Gasteiger partial charge in [-0.1, -0.05) is 0 Å². The number of aryl methyl sites for hydroxylation is 1. The quantitative estimate of drug-likeness (QED) is 0.618. The van der Waals surface area contributed by atoms with Crippen molar-refractivity contribution in [2.75, 3.05) is 0 Å². The SMILES string of the molecule is N=CC(=O)CCc1cc(F)c(F)c(P)c1. The van der Waals surface area contributed by atoms with Gasteiger partial charge in [0.25, 0.3) is 0 Å². The van der Waals surface area contributed by atoms with E-state index >= 15 is 0 Å². The van der Waals surface area contributed by atoms with Gasteiger partial charge in [0.05, 0.1) is 6.21 Å². The van der Waals surface area contributed by atoms with Gasteiger partial charge in [-0.2, -0.15) is 0 Å². The van der Waals surface area contributed by atoms with E-state index in [0.29, 0.717) is 12.0 Å². The highest BCUT2D eigenvalue weighted by atomic mass is 31.0. The predicted octanol–water partition coefficient (Wildman–Crippen LogP) is 1.62. The van der Waals surface area contributed by atoms with Crippen LogP contribution in [0.1, 0.15) is 12.0 Å². The molecule has 0 aliphatic carbocycles. The molecule has 1 rings (SSSR count). The second-order valence-corrected chi connectivity index (χ2v) is 3.71. The monoisotopic (exact) mass is 229 g/mol. The molecule has 1 N–H and O–H groups in total. The number of hydrogen-bond donors (Lipinski definition) is 1. The lowest BCUT2D eigenvalue weighted by molar-refractivity contribution is -0.112. The predicted molar refractivity (Wildman–Crippen MR) is 57.8 cm³/mol. The second-order valence-electron chi connectivity index (χ2n) is 3.09. The second kappa shape index (κ2) is 5.08. The van der Waals surface area contributed by atoms with Gasteiger partial charge in [-0.3, -0.25) is 4.79 Å². The van der Waals surface area contributed by atoms with Crippen molar-refractivity contribution in [3.63, 3.8) is 0 Å². The van der Waals surface area contributed by atoms with Crippen LogP contribution in [-0.2, 0) is 11.2 Å². The number of benzene rings is 1. The summed E-state index contributed by atoms with van der Waals surface area (Å²) in [4.78, 5) is 10.8. The number of carbonyl (C=O) groups excluding carboxylic acids is 1. The van der Waals surface area contributed by atoms with Crippen molar-refractivity contribution in [2.45, 2.75) is 12.8 Å². The lowest BCUT2D eigenvalue weighted by Gasteiger charge is -2.03. The van der Waals surface area contributed by atoms with Crippen LogP contribution in [0, 0.1) is 17.0 Å². The molecule has 0 aromatic heterocycles. The summed E-state index contributed by atoms with van der Waals surface area (Å²) in [6.07, 6.45) is 1.17.